The van der Waals surface area contributed by atoms with Crippen LogP contribution in [0.15, 0.2) is 17.6 Å². The highest BCUT2D eigenvalue weighted by Crippen LogP contribution is 2.17. The van der Waals surface area contributed by atoms with E-state index in [-0.39, 0.29) is 0 Å². The minimum absolute atomic E-state index is 0.560. The molecule has 0 atom stereocenters. The van der Waals surface area contributed by atoms with E-state index in [2.05, 4.69) is 32.8 Å². The van der Waals surface area contributed by atoms with Crippen molar-refractivity contribution < 1.29 is 0 Å². The van der Waals surface area contributed by atoms with Crippen molar-refractivity contribution in [2.75, 3.05) is 0 Å². The zero-order valence-corrected chi connectivity index (χ0v) is 8.73. The van der Waals surface area contributed by atoms with Gasteiger partial charge in [0.2, 0.25) is 0 Å². The smallest absolute Gasteiger partial charge is 0.188 e. The summed E-state index contributed by atoms with van der Waals surface area (Å²) in [7, 11) is 1.84. The van der Waals surface area contributed by atoms with Gasteiger partial charge in [0.15, 0.2) is 11.0 Å². The Morgan fingerprint density at radius 3 is 2.50 bits per heavy atom. The summed E-state index contributed by atoms with van der Waals surface area (Å²) < 4.78 is 1.76. The van der Waals surface area contributed by atoms with Crippen LogP contribution in [0.5, 0.6) is 0 Å². The molecule has 2 aromatic rings. The lowest BCUT2D eigenvalue weighted by atomic mass is 10.3. The van der Waals surface area contributed by atoms with Crippen molar-refractivity contribution in [2.24, 2.45) is 7.05 Å². The largest absolute Gasteiger partial charge is 0.304 e. The van der Waals surface area contributed by atoms with Gasteiger partial charge in [-0.05, 0) is 6.92 Å². The van der Waals surface area contributed by atoms with Gasteiger partial charge in [-0.2, -0.15) is 0 Å². The van der Waals surface area contributed by atoms with Gasteiger partial charge < -0.3 is 4.57 Å². The number of hydrogen-bond donors (Lipinski definition) is 1. The van der Waals surface area contributed by atoms with Gasteiger partial charge in [-0.1, -0.05) is 0 Å². The maximum atomic E-state index is 4.20. The van der Waals surface area contributed by atoms with Gasteiger partial charge in [0.25, 0.3) is 0 Å². The van der Waals surface area contributed by atoms with E-state index in [0.717, 1.165) is 11.4 Å². The van der Waals surface area contributed by atoms with Gasteiger partial charge in [0.1, 0.15) is 5.69 Å². The zero-order valence-electron chi connectivity index (χ0n) is 7.84. The molecule has 0 N–H and O–H groups in total. The van der Waals surface area contributed by atoms with Crippen molar-refractivity contribution in [2.45, 2.75) is 12.1 Å². The van der Waals surface area contributed by atoms with Crippen LogP contribution < -0.4 is 0 Å². The Kier molecular flexibility index (Phi) is 2.20. The first kappa shape index (κ1) is 9.14. The van der Waals surface area contributed by atoms with Crippen LogP contribution in [0.4, 0.5) is 0 Å². The molecule has 0 aliphatic heterocycles. The summed E-state index contributed by atoms with van der Waals surface area (Å²) in [5.41, 5.74) is 1.57. The standard InChI is InChI=1S/C8H9N5S/c1-5-6(10-4-3-9-5)7-11-12-8(14)13(7)2/h3-4H,1-2H3,(H,12,14). The van der Waals surface area contributed by atoms with Crippen LogP contribution in [0.3, 0.4) is 0 Å². The fourth-order valence-corrected chi connectivity index (χ4v) is 1.29. The third kappa shape index (κ3) is 1.37. The van der Waals surface area contributed by atoms with Gasteiger partial charge in [0.05, 0.1) is 5.69 Å². The molecule has 2 heterocycles. The van der Waals surface area contributed by atoms with Crippen molar-refractivity contribution in [3.8, 4) is 11.5 Å². The van der Waals surface area contributed by atoms with E-state index >= 15 is 0 Å². The molecule has 0 saturated carbocycles. The predicted molar refractivity (Wildman–Crippen MR) is 54.0 cm³/mol. The fraction of sp³-hybridized carbons (Fsp3) is 0.250. The van der Waals surface area contributed by atoms with Crippen LogP contribution in [0, 0.1) is 6.92 Å². The van der Waals surface area contributed by atoms with Crippen molar-refractivity contribution in [3.63, 3.8) is 0 Å². The molecular formula is C8H9N5S. The van der Waals surface area contributed by atoms with Gasteiger partial charge in [-0.15, -0.1) is 22.8 Å². The maximum absolute atomic E-state index is 4.20. The summed E-state index contributed by atoms with van der Waals surface area (Å²) in [6.07, 6.45) is 3.28. The Morgan fingerprint density at radius 2 is 1.93 bits per heavy atom. The topological polar surface area (TPSA) is 56.5 Å². The second kappa shape index (κ2) is 3.38. The normalized spacial score (nSPS) is 10.5. The molecule has 0 fully saturated rings. The van der Waals surface area contributed by atoms with Crippen molar-refractivity contribution in [3.05, 3.63) is 18.1 Å². The molecule has 0 aliphatic rings. The van der Waals surface area contributed by atoms with Crippen LogP contribution in [0.1, 0.15) is 5.69 Å². The van der Waals surface area contributed by atoms with E-state index in [1.54, 1.807) is 17.0 Å². The molecule has 5 nitrogen and oxygen atoms in total. The summed E-state index contributed by atoms with van der Waals surface area (Å²) in [4.78, 5) is 8.34. The van der Waals surface area contributed by atoms with E-state index in [1.165, 1.54) is 0 Å². The molecule has 0 saturated heterocycles. The van der Waals surface area contributed by atoms with E-state index in [1.807, 2.05) is 14.0 Å². The third-order valence-electron chi connectivity index (χ3n) is 1.94. The number of rotatable bonds is 1. The molecule has 0 amide bonds. The summed E-state index contributed by atoms with van der Waals surface area (Å²) in [5, 5.41) is 8.38. The molecule has 0 radical (unpaired) electrons. The average molecular weight is 207 g/mol. The summed E-state index contributed by atoms with van der Waals surface area (Å²) >= 11 is 4.14. The highest BCUT2D eigenvalue weighted by atomic mass is 32.1. The summed E-state index contributed by atoms with van der Waals surface area (Å²) in [5.74, 6) is 0.681. The van der Waals surface area contributed by atoms with E-state index in [0.29, 0.717) is 11.0 Å². The monoisotopic (exact) mass is 207 g/mol. The van der Waals surface area contributed by atoms with Crippen molar-refractivity contribution in [1.29, 1.82) is 0 Å². The average Bonchev–Trinajstić information content (AvgIpc) is 2.49. The SMILES string of the molecule is Cc1nccnc1-c1nnc(S)n1C. The molecule has 14 heavy (non-hydrogen) atoms. The minimum Gasteiger partial charge on any atom is -0.304 e. The van der Waals surface area contributed by atoms with Crippen molar-refractivity contribution in [1.82, 2.24) is 24.7 Å². The second-order valence-electron chi connectivity index (χ2n) is 2.87. The van der Waals surface area contributed by atoms with Crippen LogP contribution in [-0.4, -0.2) is 24.7 Å². The first-order valence-electron chi connectivity index (χ1n) is 4.06. The Bertz CT molecular complexity index is 465. The number of aromatic nitrogens is 5. The zero-order chi connectivity index (χ0) is 10.1. The molecule has 0 aromatic carbocycles. The molecule has 0 spiro atoms. The van der Waals surface area contributed by atoms with Gasteiger partial charge >= 0.3 is 0 Å². The number of thiol groups is 1. The first-order valence-corrected chi connectivity index (χ1v) is 4.51. The number of aryl methyl sites for hydroxylation is 1. The second-order valence-corrected chi connectivity index (χ2v) is 3.27. The molecule has 0 bridgehead atoms. The molecule has 0 unspecified atom stereocenters. The van der Waals surface area contributed by atoms with Gasteiger partial charge in [0, 0.05) is 19.4 Å². The Hall–Kier alpha value is -1.43. The Balaban J connectivity index is 2.60. The lowest BCUT2D eigenvalue weighted by Crippen LogP contribution is -1.98. The maximum Gasteiger partial charge on any atom is 0.188 e. The Labute approximate surface area is 86.6 Å². The highest BCUT2D eigenvalue weighted by Gasteiger charge is 2.11. The lowest BCUT2D eigenvalue weighted by Gasteiger charge is -2.02. The summed E-state index contributed by atoms with van der Waals surface area (Å²) in [6.45, 7) is 1.88. The van der Waals surface area contributed by atoms with Crippen LogP contribution in [0.25, 0.3) is 11.5 Å². The third-order valence-corrected chi connectivity index (χ3v) is 2.33. The fourth-order valence-electron chi connectivity index (χ4n) is 1.15. The molecule has 6 heteroatoms. The van der Waals surface area contributed by atoms with Crippen LogP contribution >= 0.6 is 12.6 Å². The van der Waals surface area contributed by atoms with E-state index in [9.17, 15) is 0 Å². The molecule has 2 aromatic heterocycles. The number of nitrogens with zero attached hydrogens (tertiary/aromatic N) is 5. The van der Waals surface area contributed by atoms with Crippen LogP contribution in [-0.2, 0) is 7.05 Å². The highest BCUT2D eigenvalue weighted by molar-refractivity contribution is 7.80. The molecule has 0 aliphatic carbocycles. The number of hydrogen-bond acceptors (Lipinski definition) is 5. The quantitative estimate of drug-likeness (QED) is 0.705. The Morgan fingerprint density at radius 1 is 1.21 bits per heavy atom. The van der Waals surface area contributed by atoms with E-state index < -0.39 is 0 Å². The summed E-state index contributed by atoms with van der Waals surface area (Å²) in [6, 6.07) is 0. The molecule has 2 rings (SSSR count). The lowest BCUT2D eigenvalue weighted by molar-refractivity contribution is 0.795. The molecular weight excluding hydrogens is 198 g/mol. The van der Waals surface area contributed by atoms with E-state index in [4.69, 9.17) is 0 Å². The predicted octanol–water partition coefficient (Wildman–Crippen LogP) is 0.869. The van der Waals surface area contributed by atoms with Crippen LogP contribution in [0.2, 0.25) is 0 Å². The van der Waals surface area contributed by atoms with Crippen molar-refractivity contribution >= 4 is 12.6 Å². The molecule has 72 valence electrons. The first-order chi connectivity index (χ1) is 6.70. The van der Waals surface area contributed by atoms with Gasteiger partial charge in [-0.25, -0.2) is 4.98 Å². The minimum atomic E-state index is 0.560. The van der Waals surface area contributed by atoms with Gasteiger partial charge in [-0.3, -0.25) is 4.98 Å².